The third kappa shape index (κ3) is 4.91. The molecule has 0 aliphatic carbocycles. The number of nitrogens with one attached hydrogen (secondary N) is 1. The van der Waals surface area contributed by atoms with Crippen LogP contribution in [0, 0.1) is 5.82 Å². The van der Waals surface area contributed by atoms with Gasteiger partial charge in [-0.25, -0.2) is 9.37 Å². The Morgan fingerprint density at radius 3 is 2.66 bits per heavy atom. The Labute approximate surface area is 170 Å². The quantitative estimate of drug-likeness (QED) is 0.462. The summed E-state index contributed by atoms with van der Waals surface area (Å²) in [6, 6.07) is 17.0. The molecular formula is C21H16FN3O3S. The predicted octanol–water partition coefficient (Wildman–Crippen LogP) is 5.01. The van der Waals surface area contributed by atoms with Gasteiger partial charge in [-0.2, -0.15) is 0 Å². The third-order valence-electron chi connectivity index (χ3n) is 3.96. The number of hydrogen-bond donors (Lipinski definition) is 1. The van der Waals surface area contributed by atoms with Crippen LogP contribution in [0.4, 0.5) is 10.2 Å². The number of carbonyl (C=O) groups is 1. The molecule has 1 N–H and O–H groups in total. The number of benzene rings is 2. The Morgan fingerprint density at radius 1 is 1.07 bits per heavy atom. The number of carbonyl (C=O) groups excluding carboxylic acids is 1. The van der Waals surface area contributed by atoms with Gasteiger partial charge in [0.15, 0.2) is 11.6 Å². The molecule has 2 aromatic heterocycles. The van der Waals surface area contributed by atoms with Crippen LogP contribution in [0.3, 0.4) is 0 Å². The molecule has 0 bridgehead atoms. The lowest BCUT2D eigenvalue weighted by Gasteiger charge is -2.00. The molecule has 4 aromatic rings. The molecule has 146 valence electrons. The molecule has 0 aliphatic heterocycles. The molecule has 0 spiro atoms. The van der Waals surface area contributed by atoms with Gasteiger partial charge in [-0.1, -0.05) is 23.4 Å². The third-order valence-corrected chi connectivity index (χ3v) is 4.93. The first-order valence-corrected chi connectivity index (χ1v) is 9.93. The Balaban J connectivity index is 1.27. The highest BCUT2D eigenvalue weighted by atomic mass is 32.2. The second-order valence-electron chi connectivity index (χ2n) is 6.13. The average Bonchev–Trinajstić information content (AvgIpc) is 3.39. The van der Waals surface area contributed by atoms with Gasteiger partial charge in [0.25, 0.3) is 0 Å². The maximum Gasteiger partial charge on any atom is 0.235 e. The zero-order chi connectivity index (χ0) is 20.1. The van der Waals surface area contributed by atoms with E-state index in [2.05, 4.69) is 15.5 Å². The highest BCUT2D eigenvalue weighted by Crippen LogP contribution is 2.23. The van der Waals surface area contributed by atoms with E-state index in [0.29, 0.717) is 28.8 Å². The normalized spacial score (nSPS) is 10.8. The van der Waals surface area contributed by atoms with E-state index in [1.807, 2.05) is 30.3 Å². The first kappa shape index (κ1) is 18.9. The molecular weight excluding hydrogens is 393 g/mol. The van der Waals surface area contributed by atoms with E-state index < -0.39 is 0 Å². The van der Waals surface area contributed by atoms with Crippen LogP contribution in [-0.2, 0) is 10.5 Å². The van der Waals surface area contributed by atoms with Crippen molar-refractivity contribution < 1.29 is 18.1 Å². The van der Waals surface area contributed by atoms with Crippen LogP contribution >= 0.6 is 11.8 Å². The van der Waals surface area contributed by atoms with Crippen molar-refractivity contribution in [2.75, 3.05) is 11.1 Å². The van der Waals surface area contributed by atoms with Crippen molar-refractivity contribution in [2.24, 2.45) is 0 Å². The van der Waals surface area contributed by atoms with E-state index in [1.165, 1.54) is 23.9 Å². The maximum atomic E-state index is 13.0. The topological polar surface area (TPSA) is 81.2 Å². The number of rotatable bonds is 7. The molecule has 0 unspecified atom stereocenters. The summed E-state index contributed by atoms with van der Waals surface area (Å²) in [5.41, 5.74) is 2.35. The molecule has 2 heterocycles. The first-order valence-electron chi connectivity index (χ1n) is 8.77. The maximum absolute atomic E-state index is 13.0. The molecule has 6 nitrogen and oxygen atoms in total. The van der Waals surface area contributed by atoms with Crippen molar-refractivity contribution in [1.29, 1.82) is 0 Å². The van der Waals surface area contributed by atoms with Gasteiger partial charge in [0, 0.05) is 22.9 Å². The molecule has 0 aliphatic rings. The van der Waals surface area contributed by atoms with E-state index in [-0.39, 0.29) is 17.5 Å². The summed E-state index contributed by atoms with van der Waals surface area (Å²) in [4.78, 5) is 16.5. The van der Waals surface area contributed by atoms with Crippen molar-refractivity contribution in [2.45, 2.75) is 5.75 Å². The highest BCUT2D eigenvalue weighted by molar-refractivity contribution is 7.99. The summed E-state index contributed by atoms with van der Waals surface area (Å²) in [6.07, 6.45) is 1.60. The number of thioether (sulfide) groups is 1. The number of anilines is 1. The Hall–Kier alpha value is -3.39. The van der Waals surface area contributed by atoms with Crippen LogP contribution < -0.4 is 5.32 Å². The zero-order valence-corrected chi connectivity index (χ0v) is 16.0. The first-order chi connectivity index (χ1) is 14.2. The van der Waals surface area contributed by atoms with E-state index in [4.69, 9.17) is 8.94 Å². The number of amides is 1. The van der Waals surface area contributed by atoms with Crippen molar-refractivity contribution in [3.8, 4) is 22.8 Å². The second kappa shape index (κ2) is 8.74. The Bertz CT molecular complexity index is 1090. The Kier molecular flexibility index (Phi) is 5.71. The summed E-state index contributed by atoms with van der Waals surface area (Å²) in [5, 5.41) is 6.50. The lowest BCUT2D eigenvalue weighted by atomic mass is 10.2. The van der Waals surface area contributed by atoms with Crippen LogP contribution in [0.25, 0.3) is 22.8 Å². The molecule has 29 heavy (non-hydrogen) atoms. The molecule has 2 aromatic carbocycles. The lowest BCUT2D eigenvalue weighted by molar-refractivity contribution is -0.113. The fraction of sp³-hybridized carbons (Fsp3) is 0.0952. The van der Waals surface area contributed by atoms with Crippen LogP contribution in [-0.4, -0.2) is 21.8 Å². The fourth-order valence-electron chi connectivity index (χ4n) is 2.60. The predicted molar refractivity (Wildman–Crippen MR) is 109 cm³/mol. The number of halogens is 1. The number of aromatic nitrogens is 2. The smallest absolute Gasteiger partial charge is 0.235 e. The molecule has 1 amide bonds. The molecule has 0 saturated heterocycles. The van der Waals surface area contributed by atoms with Crippen molar-refractivity contribution >= 4 is 23.5 Å². The van der Waals surface area contributed by atoms with E-state index in [1.54, 1.807) is 24.5 Å². The molecule has 0 atom stereocenters. The minimum absolute atomic E-state index is 0.208. The highest BCUT2D eigenvalue weighted by Gasteiger charge is 2.11. The van der Waals surface area contributed by atoms with Crippen LogP contribution in [0.5, 0.6) is 0 Å². The number of hydrogen-bond acceptors (Lipinski definition) is 6. The van der Waals surface area contributed by atoms with Gasteiger partial charge in [0.1, 0.15) is 12.1 Å². The second-order valence-corrected chi connectivity index (χ2v) is 7.12. The minimum Gasteiger partial charge on any atom is -0.444 e. The SMILES string of the molecule is O=C(CSCc1coc(-c2ccccc2)n1)Nc1cc(-c2ccc(F)cc2)on1. The summed E-state index contributed by atoms with van der Waals surface area (Å²) in [6.45, 7) is 0. The van der Waals surface area contributed by atoms with Crippen LogP contribution in [0.1, 0.15) is 5.69 Å². The van der Waals surface area contributed by atoms with E-state index >= 15 is 0 Å². The van der Waals surface area contributed by atoms with Gasteiger partial charge in [0.2, 0.25) is 11.8 Å². The van der Waals surface area contributed by atoms with E-state index in [9.17, 15) is 9.18 Å². The lowest BCUT2D eigenvalue weighted by Crippen LogP contribution is -2.14. The van der Waals surface area contributed by atoms with Crippen molar-refractivity contribution in [1.82, 2.24) is 10.1 Å². The fourth-order valence-corrected chi connectivity index (χ4v) is 3.30. The molecule has 0 fully saturated rings. The molecule has 8 heteroatoms. The monoisotopic (exact) mass is 409 g/mol. The summed E-state index contributed by atoms with van der Waals surface area (Å²) in [7, 11) is 0. The van der Waals surface area contributed by atoms with Gasteiger partial charge in [-0.05, 0) is 36.4 Å². The van der Waals surface area contributed by atoms with Crippen molar-refractivity contribution in [3.63, 3.8) is 0 Å². The van der Waals surface area contributed by atoms with Gasteiger partial charge in [-0.3, -0.25) is 4.79 Å². The molecule has 4 rings (SSSR count). The zero-order valence-electron chi connectivity index (χ0n) is 15.2. The van der Waals surface area contributed by atoms with Gasteiger partial charge in [0.05, 0.1) is 11.4 Å². The molecule has 0 radical (unpaired) electrons. The van der Waals surface area contributed by atoms with Crippen LogP contribution in [0.15, 0.2) is 75.9 Å². The average molecular weight is 409 g/mol. The summed E-state index contributed by atoms with van der Waals surface area (Å²) in [5.74, 6) is 1.55. The summed E-state index contributed by atoms with van der Waals surface area (Å²) < 4.78 is 23.7. The van der Waals surface area contributed by atoms with Gasteiger partial charge < -0.3 is 14.3 Å². The Morgan fingerprint density at radius 2 is 1.86 bits per heavy atom. The van der Waals surface area contributed by atoms with Crippen molar-refractivity contribution in [3.05, 3.63) is 78.4 Å². The number of nitrogens with zero attached hydrogens (tertiary/aromatic N) is 2. The van der Waals surface area contributed by atoms with Crippen LogP contribution in [0.2, 0.25) is 0 Å². The van der Waals surface area contributed by atoms with Gasteiger partial charge >= 0.3 is 0 Å². The van der Waals surface area contributed by atoms with Gasteiger partial charge in [-0.15, -0.1) is 11.8 Å². The standard InChI is InChI=1S/C21H16FN3O3S/c22-16-8-6-14(7-9-16)18-10-19(25-28-18)24-20(26)13-29-12-17-11-27-21(23-17)15-4-2-1-3-5-15/h1-11H,12-13H2,(H,24,25,26). The molecule has 0 saturated carbocycles. The van der Waals surface area contributed by atoms with E-state index in [0.717, 1.165) is 11.3 Å². The minimum atomic E-state index is -0.332. The number of oxazole rings is 1. The largest absolute Gasteiger partial charge is 0.444 e. The summed E-state index contributed by atoms with van der Waals surface area (Å²) >= 11 is 1.41.